The van der Waals surface area contributed by atoms with Crippen LogP contribution in [0.2, 0.25) is 5.02 Å². The van der Waals surface area contributed by atoms with E-state index in [4.69, 9.17) is 25.5 Å². The minimum absolute atomic E-state index is 0.0557. The summed E-state index contributed by atoms with van der Waals surface area (Å²) in [6, 6.07) is 13.1. The molecule has 0 saturated heterocycles. The molecule has 7 heteroatoms. The minimum atomic E-state index is -0.127. The molecule has 1 unspecified atom stereocenters. The summed E-state index contributed by atoms with van der Waals surface area (Å²) in [7, 11) is 0. The highest BCUT2D eigenvalue weighted by molar-refractivity contribution is 6.30. The number of nitrogens with zero attached hydrogens (tertiary/aromatic N) is 1. The standard InChI is InChI=1S/C24H25ClN2O4/c1-15(2)24(17-5-8-19-20(13-17)30-12-11-29-19)27-22(28)9-10-23-26-14-21(31-23)16-3-6-18(25)7-4-16/h3-8,13-15,24H,9-12H2,1-2H3,(H,27,28). The molecule has 0 fully saturated rings. The van der Waals surface area contributed by atoms with E-state index in [0.717, 1.165) is 22.6 Å². The van der Waals surface area contributed by atoms with Crippen LogP contribution in [0, 0.1) is 5.92 Å². The van der Waals surface area contributed by atoms with Gasteiger partial charge < -0.3 is 19.2 Å². The third-order valence-electron chi connectivity index (χ3n) is 5.16. The van der Waals surface area contributed by atoms with E-state index in [0.29, 0.717) is 36.3 Å². The number of carbonyl (C=O) groups is 1. The van der Waals surface area contributed by atoms with Gasteiger partial charge in [0, 0.05) is 23.4 Å². The number of oxazole rings is 1. The number of benzene rings is 2. The molecule has 31 heavy (non-hydrogen) atoms. The zero-order valence-electron chi connectivity index (χ0n) is 17.6. The predicted molar refractivity (Wildman–Crippen MR) is 118 cm³/mol. The molecule has 4 rings (SSSR count). The first-order valence-electron chi connectivity index (χ1n) is 10.4. The highest BCUT2D eigenvalue weighted by Gasteiger charge is 2.21. The van der Waals surface area contributed by atoms with Gasteiger partial charge in [0.2, 0.25) is 5.91 Å². The summed E-state index contributed by atoms with van der Waals surface area (Å²) < 4.78 is 17.1. The maximum absolute atomic E-state index is 12.7. The van der Waals surface area contributed by atoms with Crippen molar-refractivity contribution in [2.45, 2.75) is 32.7 Å². The molecule has 1 N–H and O–H groups in total. The SMILES string of the molecule is CC(C)C(NC(=O)CCc1ncc(-c2ccc(Cl)cc2)o1)c1ccc2c(c1)OCCO2. The molecule has 2 heterocycles. The molecular formula is C24H25ClN2O4. The molecule has 0 bridgehead atoms. The molecular weight excluding hydrogens is 416 g/mol. The number of nitrogens with one attached hydrogen (secondary N) is 1. The molecule has 2 aromatic carbocycles. The van der Waals surface area contributed by atoms with E-state index in [-0.39, 0.29) is 24.3 Å². The minimum Gasteiger partial charge on any atom is -0.486 e. The van der Waals surface area contributed by atoms with Gasteiger partial charge >= 0.3 is 0 Å². The van der Waals surface area contributed by atoms with Crippen molar-refractivity contribution in [1.29, 1.82) is 0 Å². The Morgan fingerprint density at radius 1 is 1.10 bits per heavy atom. The van der Waals surface area contributed by atoms with Crippen LogP contribution in [0.25, 0.3) is 11.3 Å². The number of rotatable bonds is 7. The van der Waals surface area contributed by atoms with Crippen LogP contribution in [0.3, 0.4) is 0 Å². The quantitative estimate of drug-likeness (QED) is 0.545. The largest absolute Gasteiger partial charge is 0.486 e. The maximum Gasteiger partial charge on any atom is 0.221 e. The van der Waals surface area contributed by atoms with Gasteiger partial charge in [-0.3, -0.25) is 4.79 Å². The lowest BCUT2D eigenvalue weighted by molar-refractivity contribution is -0.122. The third kappa shape index (κ3) is 5.20. The Morgan fingerprint density at radius 2 is 1.84 bits per heavy atom. The summed E-state index contributed by atoms with van der Waals surface area (Å²) in [5, 5.41) is 3.80. The van der Waals surface area contributed by atoms with Gasteiger partial charge in [0.15, 0.2) is 23.1 Å². The Kier molecular flexibility index (Phi) is 6.47. The van der Waals surface area contributed by atoms with E-state index in [1.165, 1.54) is 0 Å². The predicted octanol–water partition coefficient (Wildman–Crippen LogP) is 5.21. The van der Waals surface area contributed by atoms with E-state index in [9.17, 15) is 4.79 Å². The van der Waals surface area contributed by atoms with E-state index in [1.54, 1.807) is 18.3 Å². The number of aromatic nitrogens is 1. The zero-order valence-corrected chi connectivity index (χ0v) is 18.3. The Hall–Kier alpha value is -2.99. The fourth-order valence-electron chi connectivity index (χ4n) is 3.53. The van der Waals surface area contributed by atoms with Crippen molar-refractivity contribution in [3.63, 3.8) is 0 Å². The number of carbonyl (C=O) groups excluding carboxylic acids is 1. The average Bonchev–Trinajstić information content (AvgIpc) is 3.25. The van der Waals surface area contributed by atoms with Gasteiger partial charge in [-0.1, -0.05) is 31.5 Å². The monoisotopic (exact) mass is 440 g/mol. The van der Waals surface area contributed by atoms with Crippen LogP contribution in [0.4, 0.5) is 0 Å². The number of hydrogen-bond acceptors (Lipinski definition) is 5. The van der Waals surface area contributed by atoms with Crippen molar-refractivity contribution in [3.8, 4) is 22.8 Å². The van der Waals surface area contributed by atoms with Crippen LogP contribution in [0.15, 0.2) is 53.1 Å². The van der Waals surface area contributed by atoms with Crippen LogP contribution in [0.1, 0.15) is 37.8 Å². The van der Waals surface area contributed by atoms with Crippen molar-refractivity contribution in [2.75, 3.05) is 13.2 Å². The maximum atomic E-state index is 12.7. The summed E-state index contributed by atoms with van der Waals surface area (Å²) in [6.07, 6.45) is 2.38. The Morgan fingerprint density at radius 3 is 2.58 bits per heavy atom. The molecule has 0 spiro atoms. The second kappa shape index (κ2) is 9.43. The van der Waals surface area contributed by atoms with Crippen molar-refractivity contribution in [1.82, 2.24) is 10.3 Å². The van der Waals surface area contributed by atoms with Gasteiger partial charge in [0.05, 0.1) is 12.2 Å². The van der Waals surface area contributed by atoms with Crippen LogP contribution >= 0.6 is 11.6 Å². The van der Waals surface area contributed by atoms with Crippen molar-refractivity contribution in [2.24, 2.45) is 5.92 Å². The van der Waals surface area contributed by atoms with E-state index >= 15 is 0 Å². The van der Waals surface area contributed by atoms with Crippen molar-refractivity contribution >= 4 is 17.5 Å². The van der Waals surface area contributed by atoms with Crippen LogP contribution in [-0.4, -0.2) is 24.1 Å². The number of fused-ring (bicyclic) bond motifs is 1. The molecule has 1 aliphatic rings. The number of aryl methyl sites for hydroxylation is 1. The number of halogens is 1. The molecule has 1 atom stereocenters. The lowest BCUT2D eigenvalue weighted by atomic mass is 9.95. The normalized spacial score (nSPS) is 13.8. The van der Waals surface area contributed by atoms with Crippen molar-refractivity contribution < 1.29 is 18.7 Å². The highest BCUT2D eigenvalue weighted by atomic mass is 35.5. The van der Waals surface area contributed by atoms with Gasteiger partial charge in [-0.2, -0.15) is 0 Å². The molecule has 162 valence electrons. The Labute approximate surface area is 186 Å². The van der Waals surface area contributed by atoms with Gasteiger partial charge in [-0.15, -0.1) is 0 Å². The smallest absolute Gasteiger partial charge is 0.221 e. The number of hydrogen-bond donors (Lipinski definition) is 1. The van der Waals surface area contributed by atoms with Crippen molar-refractivity contribution in [3.05, 3.63) is 65.1 Å². The first-order chi connectivity index (χ1) is 15.0. The highest BCUT2D eigenvalue weighted by Crippen LogP contribution is 2.34. The second-order valence-corrected chi connectivity index (χ2v) is 8.25. The molecule has 0 aliphatic carbocycles. The van der Waals surface area contributed by atoms with E-state index < -0.39 is 0 Å². The Balaban J connectivity index is 1.37. The first-order valence-corrected chi connectivity index (χ1v) is 10.8. The van der Waals surface area contributed by atoms with Gasteiger partial charge in [0.25, 0.3) is 0 Å². The third-order valence-corrected chi connectivity index (χ3v) is 5.41. The summed E-state index contributed by atoms with van der Waals surface area (Å²) in [5.41, 5.74) is 1.89. The average molecular weight is 441 g/mol. The van der Waals surface area contributed by atoms with Gasteiger partial charge in [-0.05, 0) is 47.9 Å². The molecule has 1 aromatic heterocycles. The first kappa shape index (κ1) is 21.2. The summed E-state index contributed by atoms with van der Waals surface area (Å²) in [5.74, 6) is 2.80. The van der Waals surface area contributed by atoms with Crippen LogP contribution in [0.5, 0.6) is 11.5 Å². The summed E-state index contributed by atoms with van der Waals surface area (Å²) >= 11 is 5.93. The fourth-order valence-corrected chi connectivity index (χ4v) is 3.65. The Bertz CT molecular complexity index is 1050. The fraction of sp³-hybridized carbons (Fsp3) is 0.333. The lowest BCUT2D eigenvalue weighted by Crippen LogP contribution is -2.32. The topological polar surface area (TPSA) is 73.6 Å². The summed E-state index contributed by atoms with van der Waals surface area (Å²) in [6.45, 7) is 5.24. The van der Waals surface area contributed by atoms with E-state index in [2.05, 4.69) is 24.1 Å². The van der Waals surface area contributed by atoms with E-state index in [1.807, 2.05) is 30.3 Å². The van der Waals surface area contributed by atoms with Gasteiger partial charge in [0.1, 0.15) is 13.2 Å². The summed E-state index contributed by atoms with van der Waals surface area (Å²) in [4.78, 5) is 17.0. The molecule has 3 aromatic rings. The van der Waals surface area contributed by atoms with Crippen LogP contribution in [-0.2, 0) is 11.2 Å². The number of ether oxygens (including phenoxy) is 2. The zero-order chi connectivity index (χ0) is 21.8. The molecule has 1 aliphatic heterocycles. The lowest BCUT2D eigenvalue weighted by Gasteiger charge is -2.25. The van der Waals surface area contributed by atoms with Gasteiger partial charge in [-0.25, -0.2) is 4.98 Å². The molecule has 0 radical (unpaired) electrons. The second-order valence-electron chi connectivity index (χ2n) is 7.82. The number of amides is 1. The molecule has 0 saturated carbocycles. The molecule has 1 amide bonds. The molecule has 6 nitrogen and oxygen atoms in total. The van der Waals surface area contributed by atoms with Crippen LogP contribution < -0.4 is 14.8 Å².